The molecule has 1 aliphatic heterocycles. The maximum Gasteiger partial charge on any atom is 0.261 e. The van der Waals surface area contributed by atoms with E-state index in [0.717, 1.165) is 41.9 Å². The van der Waals surface area contributed by atoms with Gasteiger partial charge in [0.15, 0.2) is 0 Å². The Labute approximate surface area is 189 Å². The number of unbranched alkanes of at least 4 members (excludes halogenated alkanes) is 1. The van der Waals surface area contributed by atoms with Crippen molar-refractivity contribution < 1.29 is 9.59 Å². The van der Waals surface area contributed by atoms with Crippen molar-refractivity contribution in [3.05, 3.63) is 40.8 Å². The first-order chi connectivity index (χ1) is 14.7. The third-order valence-electron chi connectivity index (χ3n) is 5.66. The van der Waals surface area contributed by atoms with Crippen LogP contribution in [0.3, 0.4) is 0 Å². The summed E-state index contributed by atoms with van der Waals surface area (Å²) in [7, 11) is 0. The molecular formula is C24H34N2O2S2. The van der Waals surface area contributed by atoms with E-state index in [-0.39, 0.29) is 24.4 Å². The van der Waals surface area contributed by atoms with Crippen molar-refractivity contribution in [1.29, 1.82) is 0 Å². The highest BCUT2D eigenvalue weighted by Crippen LogP contribution is 2.42. The number of nitrogens with one attached hydrogen (secondary N) is 1. The Kier molecular flexibility index (Phi) is 9.66. The second-order valence-electron chi connectivity index (χ2n) is 8.03. The number of hydrogen-bond donors (Lipinski definition) is 1. The predicted molar refractivity (Wildman–Crippen MR) is 130 cm³/mol. The molecule has 6 heteroatoms. The van der Waals surface area contributed by atoms with Crippen molar-refractivity contribution in [3.8, 4) is 0 Å². The van der Waals surface area contributed by atoms with Crippen molar-refractivity contribution in [1.82, 2.24) is 10.2 Å². The number of carbonyl (C=O) groups excluding carboxylic acids is 2. The molecule has 3 rings (SSSR count). The lowest BCUT2D eigenvalue weighted by Gasteiger charge is -2.43. The van der Waals surface area contributed by atoms with E-state index in [0.29, 0.717) is 11.8 Å². The Balaban J connectivity index is 1.57. The zero-order chi connectivity index (χ0) is 21.2. The van der Waals surface area contributed by atoms with Gasteiger partial charge in [-0.15, -0.1) is 11.8 Å². The number of benzene rings is 1. The van der Waals surface area contributed by atoms with Crippen LogP contribution in [0.25, 0.3) is 6.08 Å². The second-order valence-corrected chi connectivity index (χ2v) is 10.5. The molecular weight excluding hydrogens is 412 g/mol. The van der Waals surface area contributed by atoms with E-state index in [1.165, 1.54) is 25.0 Å². The number of thioether (sulfide) groups is 2. The summed E-state index contributed by atoms with van der Waals surface area (Å²) in [5.74, 6) is 2.26. The molecule has 0 bridgehead atoms. The van der Waals surface area contributed by atoms with E-state index in [1.807, 2.05) is 53.1 Å². The fourth-order valence-electron chi connectivity index (χ4n) is 4.02. The molecule has 1 saturated heterocycles. The van der Waals surface area contributed by atoms with Gasteiger partial charge >= 0.3 is 0 Å². The molecule has 2 unspecified atom stereocenters. The van der Waals surface area contributed by atoms with Gasteiger partial charge in [-0.05, 0) is 48.8 Å². The molecule has 2 amide bonds. The molecule has 2 atom stereocenters. The lowest BCUT2D eigenvalue weighted by molar-refractivity contribution is -0.135. The molecule has 1 heterocycles. The Morgan fingerprint density at radius 2 is 1.97 bits per heavy atom. The molecule has 0 radical (unpaired) electrons. The molecule has 1 aromatic carbocycles. The number of amides is 2. The fraction of sp³-hybridized carbons (Fsp3) is 0.583. The maximum atomic E-state index is 13.3. The first-order valence-corrected chi connectivity index (χ1v) is 13.3. The van der Waals surface area contributed by atoms with Gasteiger partial charge in [-0.1, -0.05) is 56.5 Å². The third-order valence-corrected chi connectivity index (χ3v) is 8.21. The third kappa shape index (κ3) is 6.81. The quantitative estimate of drug-likeness (QED) is 0.408. The first-order valence-electron chi connectivity index (χ1n) is 11.3. The number of carbonyl (C=O) groups is 2. The molecule has 1 N–H and O–H groups in total. The largest absolute Gasteiger partial charge is 0.355 e. The van der Waals surface area contributed by atoms with Crippen molar-refractivity contribution in [2.75, 3.05) is 24.6 Å². The van der Waals surface area contributed by atoms with Crippen LogP contribution in [0.1, 0.15) is 57.4 Å². The number of rotatable bonds is 10. The van der Waals surface area contributed by atoms with Gasteiger partial charge < -0.3 is 10.2 Å². The number of nitrogens with zero attached hydrogens (tertiary/aromatic N) is 1. The van der Waals surface area contributed by atoms with E-state index in [4.69, 9.17) is 0 Å². The summed E-state index contributed by atoms with van der Waals surface area (Å²) in [5.41, 5.74) is 1.03. The van der Waals surface area contributed by atoms with Crippen LogP contribution in [0.4, 0.5) is 0 Å². The Bertz CT molecular complexity index is 723. The highest BCUT2D eigenvalue weighted by Gasteiger charge is 2.41. The monoisotopic (exact) mass is 446 g/mol. The van der Waals surface area contributed by atoms with Crippen LogP contribution >= 0.6 is 23.5 Å². The lowest BCUT2D eigenvalue weighted by Crippen LogP contribution is -2.54. The summed E-state index contributed by atoms with van der Waals surface area (Å²) >= 11 is 3.67. The van der Waals surface area contributed by atoms with Crippen LogP contribution in [0, 0.1) is 0 Å². The summed E-state index contributed by atoms with van der Waals surface area (Å²) in [5, 5.41) is 3.43. The van der Waals surface area contributed by atoms with Gasteiger partial charge in [0.1, 0.15) is 6.54 Å². The SMILES string of the molecule is CCCCSCCCNC(=O)CN1C(=O)/C(=C/c2ccccc2)SC2CCCCC21. The Morgan fingerprint density at radius 3 is 2.77 bits per heavy atom. The van der Waals surface area contributed by atoms with Crippen molar-refractivity contribution >= 4 is 41.4 Å². The van der Waals surface area contributed by atoms with Gasteiger partial charge in [-0.3, -0.25) is 9.59 Å². The van der Waals surface area contributed by atoms with Crippen LogP contribution in [-0.4, -0.2) is 52.6 Å². The maximum absolute atomic E-state index is 13.3. The van der Waals surface area contributed by atoms with Gasteiger partial charge in [0.25, 0.3) is 5.91 Å². The summed E-state index contributed by atoms with van der Waals surface area (Å²) in [4.78, 5) is 28.5. The van der Waals surface area contributed by atoms with E-state index < -0.39 is 0 Å². The molecule has 2 fully saturated rings. The van der Waals surface area contributed by atoms with Crippen LogP contribution < -0.4 is 5.32 Å². The highest BCUT2D eigenvalue weighted by molar-refractivity contribution is 8.04. The molecule has 30 heavy (non-hydrogen) atoms. The first kappa shape index (κ1) is 23.3. The Morgan fingerprint density at radius 1 is 1.20 bits per heavy atom. The van der Waals surface area contributed by atoms with Gasteiger partial charge in [0.05, 0.1) is 4.91 Å². The average Bonchev–Trinajstić information content (AvgIpc) is 2.76. The smallest absolute Gasteiger partial charge is 0.261 e. The van der Waals surface area contributed by atoms with Gasteiger partial charge in [-0.2, -0.15) is 11.8 Å². The predicted octanol–water partition coefficient (Wildman–Crippen LogP) is 4.95. The minimum Gasteiger partial charge on any atom is -0.355 e. The summed E-state index contributed by atoms with van der Waals surface area (Å²) in [6.45, 7) is 3.07. The van der Waals surface area contributed by atoms with Crippen molar-refractivity contribution in [2.24, 2.45) is 0 Å². The molecule has 1 aromatic rings. The lowest BCUT2D eigenvalue weighted by atomic mass is 9.93. The highest BCUT2D eigenvalue weighted by atomic mass is 32.2. The molecule has 1 saturated carbocycles. The zero-order valence-corrected chi connectivity index (χ0v) is 19.6. The standard InChI is InChI=1S/C24H34N2O2S2/c1-2-3-15-29-16-9-14-25-23(27)18-26-20-12-7-8-13-21(20)30-22(24(26)28)17-19-10-5-4-6-11-19/h4-6,10-11,17,20-21H,2-3,7-9,12-16,18H2,1H3,(H,25,27)/b22-17-. The fourth-order valence-corrected chi connectivity index (χ4v) is 6.54. The van der Waals surface area contributed by atoms with E-state index in [2.05, 4.69) is 12.2 Å². The van der Waals surface area contributed by atoms with Gasteiger partial charge in [0, 0.05) is 17.8 Å². The van der Waals surface area contributed by atoms with E-state index >= 15 is 0 Å². The van der Waals surface area contributed by atoms with E-state index in [9.17, 15) is 9.59 Å². The topological polar surface area (TPSA) is 49.4 Å². The second kappa shape index (κ2) is 12.5. The van der Waals surface area contributed by atoms with E-state index in [1.54, 1.807) is 11.8 Å². The normalized spacial score (nSPS) is 22.8. The van der Waals surface area contributed by atoms with Gasteiger partial charge in [-0.25, -0.2) is 0 Å². The van der Waals surface area contributed by atoms with Crippen LogP contribution in [0.2, 0.25) is 0 Å². The van der Waals surface area contributed by atoms with Crippen molar-refractivity contribution in [3.63, 3.8) is 0 Å². The van der Waals surface area contributed by atoms with Gasteiger partial charge in [0.2, 0.25) is 5.91 Å². The number of hydrogen-bond acceptors (Lipinski definition) is 4. The average molecular weight is 447 g/mol. The Hall–Kier alpha value is -1.40. The summed E-state index contributed by atoms with van der Waals surface area (Å²) < 4.78 is 0. The summed E-state index contributed by atoms with van der Waals surface area (Å²) in [6.07, 6.45) is 9.91. The van der Waals surface area contributed by atoms with Crippen LogP contribution in [-0.2, 0) is 9.59 Å². The summed E-state index contributed by atoms with van der Waals surface area (Å²) in [6, 6.07) is 10.2. The molecule has 1 aliphatic carbocycles. The molecule has 164 valence electrons. The van der Waals surface area contributed by atoms with Crippen LogP contribution in [0.5, 0.6) is 0 Å². The molecule has 4 nitrogen and oxygen atoms in total. The molecule has 0 aromatic heterocycles. The van der Waals surface area contributed by atoms with Crippen LogP contribution in [0.15, 0.2) is 35.2 Å². The zero-order valence-electron chi connectivity index (χ0n) is 18.0. The minimum atomic E-state index is -0.0304. The van der Waals surface area contributed by atoms with Crippen molar-refractivity contribution in [2.45, 2.75) is 63.2 Å². The molecule has 2 aliphatic rings. The number of fused-ring (bicyclic) bond motifs is 1. The minimum absolute atomic E-state index is 0.0114. The molecule has 0 spiro atoms.